The highest BCUT2D eigenvalue weighted by molar-refractivity contribution is 7.86. The molecule has 0 aromatic heterocycles. The van der Waals surface area contributed by atoms with Crippen LogP contribution in [0.3, 0.4) is 0 Å². The van der Waals surface area contributed by atoms with E-state index in [0.717, 1.165) is 5.56 Å². The van der Waals surface area contributed by atoms with Crippen LogP contribution in [0.1, 0.15) is 18.9 Å². The fourth-order valence-electron chi connectivity index (χ4n) is 2.89. The molecule has 1 saturated heterocycles. The predicted molar refractivity (Wildman–Crippen MR) is 92.4 cm³/mol. The second kappa shape index (κ2) is 7.09. The smallest absolute Gasteiger partial charge is 0.245 e. The Bertz CT molecular complexity index is 757. The summed E-state index contributed by atoms with van der Waals surface area (Å²) < 4.78 is 12.8. The summed E-state index contributed by atoms with van der Waals surface area (Å²) in [6.07, 6.45) is 0.324. The number of carbonyl (C=O) groups excluding carboxylic acids is 2. The Morgan fingerprint density at radius 2 is 1.54 bits per heavy atom. The molecule has 4 nitrogen and oxygen atoms in total. The van der Waals surface area contributed by atoms with Crippen molar-refractivity contribution in [2.24, 2.45) is 5.92 Å². The summed E-state index contributed by atoms with van der Waals surface area (Å²) in [6, 6.07) is 18.3. The third kappa shape index (κ3) is 3.31. The number of nitrogens with zero attached hydrogens (tertiary/aromatic N) is 1. The summed E-state index contributed by atoms with van der Waals surface area (Å²) in [6.45, 7) is 2.02. The van der Waals surface area contributed by atoms with Crippen molar-refractivity contribution in [2.45, 2.75) is 30.0 Å². The molecule has 0 N–H and O–H groups in total. The molecular weight excluding hydrogens is 322 g/mol. The fourth-order valence-corrected chi connectivity index (χ4v) is 4.42. The van der Waals surface area contributed by atoms with Crippen molar-refractivity contribution in [1.82, 2.24) is 4.90 Å². The monoisotopic (exact) mass is 341 g/mol. The molecule has 124 valence electrons. The van der Waals surface area contributed by atoms with Crippen LogP contribution < -0.4 is 0 Å². The molecule has 1 fully saturated rings. The number of carbonyl (C=O) groups is 2. The van der Waals surface area contributed by atoms with Gasteiger partial charge in [0.05, 0.1) is 17.3 Å². The SMILES string of the molecule is CC1CC(S(=O)c2ccccc2)C(=O)N(Cc2ccccc2)C1=O. The highest BCUT2D eigenvalue weighted by atomic mass is 32.2. The van der Waals surface area contributed by atoms with E-state index in [0.29, 0.717) is 11.3 Å². The highest BCUT2D eigenvalue weighted by Crippen LogP contribution is 2.27. The molecule has 3 unspecified atom stereocenters. The minimum absolute atomic E-state index is 0.190. The molecule has 1 aliphatic heterocycles. The first-order valence-electron chi connectivity index (χ1n) is 7.92. The standard InChI is InChI=1S/C19H19NO3S/c1-14-12-17(24(23)16-10-6-3-7-11-16)19(22)20(18(14)21)13-15-8-4-2-5-9-15/h2-11,14,17H,12-13H2,1H3. The Kier molecular flexibility index (Phi) is 4.90. The van der Waals surface area contributed by atoms with Crippen LogP contribution in [0.25, 0.3) is 0 Å². The van der Waals surface area contributed by atoms with Gasteiger partial charge in [0.2, 0.25) is 11.8 Å². The van der Waals surface area contributed by atoms with Crippen LogP contribution in [0.5, 0.6) is 0 Å². The van der Waals surface area contributed by atoms with Gasteiger partial charge < -0.3 is 0 Å². The zero-order valence-electron chi connectivity index (χ0n) is 13.4. The first kappa shape index (κ1) is 16.6. The van der Waals surface area contributed by atoms with Gasteiger partial charge in [0.25, 0.3) is 0 Å². The molecule has 1 aliphatic rings. The molecule has 0 bridgehead atoms. The Hall–Kier alpha value is -2.27. The van der Waals surface area contributed by atoms with Crippen LogP contribution in [-0.4, -0.2) is 26.2 Å². The van der Waals surface area contributed by atoms with Gasteiger partial charge in [0.15, 0.2) is 0 Å². The van der Waals surface area contributed by atoms with Gasteiger partial charge >= 0.3 is 0 Å². The molecule has 24 heavy (non-hydrogen) atoms. The maximum absolute atomic E-state index is 12.8. The second-order valence-electron chi connectivity index (χ2n) is 5.98. The number of imide groups is 1. The third-order valence-electron chi connectivity index (χ3n) is 4.21. The van der Waals surface area contributed by atoms with Gasteiger partial charge in [0.1, 0.15) is 5.25 Å². The van der Waals surface area contributed by atoms with Crippen molar-refractivity contribution in [3.63, 3.8) is 0 Å². The van der Waals surface area contributed by atoms with Crippen molar-refractivity contribution < 1.29 is 13.8 Å². The molecule has 0 saturated carbocycles. The zero-order valence-corrected chi connectivity index (χ0v) is 14.2. The van der Waals surface area contributed by atoms with E-state index in [1.807, 2.05) is 36.4 Å². The number of hydrogen-bond donors (Lipinski definition) is 0. The fraction of sp³-hybridized carbons (Fsp3) is 0.263. The molecule has 3 rings (SSSR count). The quantitative estimate of drug-likeness (QED) is 0.804. The number of benzene rings is 2. The Balaban J connectivity index is 1.86. The van der Waals surface area contributed by atoms with Gasteiger partial charge in [-0.2, -0.15) is 0 Å². The number of likely N-dealkylation sites (tertiary alicyclic amines) is 1. The minimum atomic E-state index is -1.46. The average molecular weight is 341 g/mol. The van der Waals surface area contributed by atoms with E-state index in [1.165, 1.54) is 4.90 Å². The zero-order chi connectivity index (χ0) is 17.1. The van der Waals surface area contributed by atoms with E-state index in [9.17, 15) is 13.8 Å². The largest absolute Gasteiger partial charge is 0.277 e. The summed E-state index contributed by atoms with van der Waals surface area (Å²) >= 11 is 0. The van der Waals surface area contributed by atoms with Crippen LogP contribution in [0.4, 0.5) is 0 Å². The second-order valence-corrected chi connectivity index (χ2v) is 7.62. The molecule has 2 amide bonds. The van der Waals surface area contributed by atoms with Crippen LogP contribution in [-0.2, 0) is 26.9 Å². The Morgan fingerprint density at radius 3 is 2.17 bits per heavy atom. The summed E-state index contributed by atoms with van der Waals surface area (Å²) in [5, 5.41) is -0.677. The predicted octanol–water partition coefficient (Wildman–Crippen LogP) is 2.76. The van der Waals surface area contributed by atoms with E-state index < -0.39 is 16.0 Å². The molecule has 1 heterocycles. The lowest BCUT2D eigenvalue weighted by atomic mass is 9.97. The maximum atomic E-state index is 12.8. The summed E-state index contributed by atoms with van der Waals surface area (Å²) in [5.74, 6) is -0.849. The summed E-state index contributed by atoms with van der Waals surface area (Å²) in [7, 11) is -1.46. The van der Waals surface area contributed by atoms with E-state index in [2.05, 4.69) is 0 Å². The normalized spacial score (nSPS) is 22.5. The van der Waals surface area contributed by atoms with Crippen LogP contribution >= 0.6 is 0 Å². The first-order chi connectivity index (χ1) is 11.6. The maximum Gasteiger partial charge on any atom is 0.245 e. The first-order valence-corrected chi connectivity index (χ1v) is 9.14. The molecule has 0 spiro atoms. The molecule has 2 aromatic rings. The highest BCUT2D eigenvalue weighted by Gasteiger charge is 2.42. The van der Waals surface area contributed by atoms with Gasteiger partial charge in [-0.25, -0.2) is 0 Å². The van der Waals surface area contributed by atoms with Gasteiger partial charge in [-0.15, -0.1) is 0 Å². The van der Waals surface area contributed by atoms with Crippen LogP contribution in [0, 0.1) is 5.92 Å². The average Bonchev–Trinajstić information content (AvgIpc) is 2.63. The number of rotatable bonds is 4. The molecule has 0 radical (unpaired) electrons. The number of amides is 2. The Morgan fingerprint density at radius 1 is 0.958 bits per heavy atom. The lowest BCUT2D eigenvalue weighted by Gasteiger charge is -2.33. The molecule has 2 aromatic carbocycles. The van der Waals surface area contributed by atoms with Crippen molar-refractivity contribution in [2.75, 3.05) is 0 Å². The van der Waals surface area contributed by atoms with Gasteiger partial charge in [-0.3, -0.25) is 18.7 Å². The van der Waals surface area contributed by atoms with Gasteiger partial charge in [0, 0.05) is 10.8 Å². The lowest BCUT2D eigenvalue weighted by Crippen LogP contribution is -2.52. The third-order valence-corrected chi connectivity index (χ3v) is 5.86. The minimum Gasteiger partial charge on any atom is -0.277 e. The van der Waals surface area contributed by atoms with Gasteiger partial charge in [-0.05, 0) is 24.1 Å². The van der Waals surface area contributed by atoms with Crippen LogP contribution in [0.15, 0.2) is 65.6 Å². The number of piperidine rings is 1. The van der Waals surface area contributed by atoms with E-state index >= 15 is 0 Å². The molecule has 5 heteroatoms. The summed E-state index contributed by atoms with van der Waals surface area (Å²) in [5.41, 5.74) is 0.887. The lowest BCUT2D eigenvalue weighted by molar-refractivity contribution is -0.151. The van der Waals surface area contributed by atoms with Crippen molar-refractivity contribution >= 4 is 22.6 Å². The van der Waals surface area contributed by atoms with Crippen molar-refractivity contribution in [3.8, 4) is 0 Å². The summed E-state index contributed by atoms with van der Waals surface area (Å²) in [4.78, 5) is 27.1. The van der Waals surface area contributed by atoms with E-state index in [1.54, 1.807) is 31.2 Å². The van der Waals surface area contributed by atoms with E-state index in [-0.39, 0.29) is 24.3 Å². The molecule has 0 aliphatic carbocycles. The van der Waals surface area contributed by atoms with Gasteiger partial charge in [-0.1, -0.05) is 55.5 Å². The Labute approximate surface area is 143 Å². The topological polar surface area (TPSA) is 54.5 Å². The molecular formula is C19H19NO3S. The number of hydrogen-bond acceptors (Lipinski definition) is 3. The van der Waals surface area contributed by atoms with Crippen molar-refractivity contribution in [3.05, 3.63) is 66.2 Å². The van der Waals surface area contributed by atoms with Crippen molar-refractivity contribution in [1.29, 1.82) is 0 Å². The molecule has 3 atom stereocenters. The van der Waals surface area contributed by atoms with Crippen LogP contribution in [0.2, 0.25) is 0 Å². The van der Waals surface area contributed by atoms with E-state index in [4.69, 9.17) is 0 Å².